The van der Waals surface area contributed by atoms with Crippen molar-refractivity contribution in [1.29, 1.82) is 0 Å². The van der Waals surface area contributed by atoms with Gasteiger partial charge in [0.2, 0.25) is 0 Å². The zero-order chi connectivity index (χ0) is 15.0. The molecule has 0 unspecified atom stereocenters. The molecule has 0 aliphatic rings. The van der Waals surface area contributed by atoms with Crippen LogP contribution in [0.15, 0.2) is 5.38 Å². The smallest absolute Gasteiger partial charge is 0.306 e. The number of carbonyl (C=O) groups is 1. The van der Waals surface area contributed by atoms with E-state index in [-0.39, 0.29) is 11.6 Å². The number of thiazole rings is 1. The highest BCUT2D eigenvalue weighted by Crippen LogP contribution is 2.18. The number of nitrogens with one attached hydrogen (secondary N) is 1. The molecule has 0 saturated heterocycles. The van der Waals surface area contributed by atoms with Gasteiger partial charge in [0.15, 0.2) is 5.13 Å². The van der Waals surface area contributed by atoms with Gasteiger partial charge in [-0.2, -0.15) is 0 Å². The molecule has 0 atom stereocenters. The molecule has 0 amide bonds. The number of hydrogen-bond acceptors (Lipinski definition) is 6. The highest BCUT2D eigenvalue weighted by Gasteiger charge is 2.17. The molecule has 0 aliphatic carbocycles. The standard InChI is InChI=1S/C14H24N2O3S/c1-5-18-12(17)8-7-11-9-20-13(16-11)15-10-14(3,4)19-6-2/h9H,5-8,10H2,1-4H3,(H,15,16). The fourth-order valence-electron chi connectivity index (χ4n) is 1.70. The molecule has 0 radical (unpaired) electrons. The van der Waals surface area contributed by atoms with Gasteiger partial charge in [-0.1, -0.05) is 0 Å². The van der Waals surface area contributed by atoms with Gasteiger partial charge in [0.1, 0.15) is 0 Å². The molecule has 0 aromatic carbocycles. The second kappa shape index (κ2) is 8.21. The van der Waals surface area contributed by atoms with Gasteiger partial charge in [-0.3, -0.25) is 4.79 Å². The van der Waals surface area contributed by atoms with Gasteiger partial charge >= 0.3 is 5.97 Å². The lowest BCUT2D eigenvalue weighted by Gasteiger charge is -2.24. The summed E-state index contributed by atoms with van der Waals surface area (Å²) in [6.45, 7) is 9.69. The molecule has 0 saturated carbocycles. The Hall–Kier alpha value is -1.14. The summed E-state index contributed by atoms with van der Waals surface area (Å²) in [6.07, 6.45) is 0.993. The zero-order valence-corrected chi connectivity index (χ0v) is 13.5. The van der Waals surface area contributed by atoms with Gasteiger partial charge in [0.05, 0.1) is 24.3 Å². The summed E-state index contributed by atoms with van der Waals surface area (Å²) in [6, 6.07) is 0. The maximum Gasteiger partial charge on any atom is 0.306 e. The molecule has 1 aromatic heterocycles. The molecule has 6 heteroatoms. The Morgan fingerprint density at radius 3 is 2.80 bits per heavy atom. The number of esters is 1. The van der Waals surface area contributed by atoms with E-state index in [1.807, 2.05) is 33.1 Å². The summed E-state index contributed by atoms with van der Waals surface area (Å²) in [4.78, 5) is 15.7. The first-order chi connectivity index (χ1) is 9.46. The Kier molecular flexibility index (Phi) is 6.95. The summed E-state index contributed by atoms with van der Waals surface area (Å²) in [5.41, 5.74) is 0.700. The first-order valence-electron chi connectivity index (χ1n) is 6.94. The number of nitrogens with zero attached hydrogens (tertiary/aromatic N) is 1. The fraction of sp³-hybridized carbons (Fsp3) is 0.714. The van der Waals surface area contributed by atoms with Crippen LogP contribution in [-0.4, -0.2) is 36.3 Å². The number of anilines is 1. The lowest BCUT2D eigenvalue weighted by Crippen LogP contribution is -2.33. The first kappa shape index (κ1) is 16.9. The van der Waals surface area contributed by atoms with E-state index >= 15 is 0 Å². The molecule has 5 nitrogen and oxygen atoms in total. The molecule has 20 heavy (non-hydrogen) atoms. The average Bonchev–Trinajstić information content (AvgIpc) is 2.82. The molecule has 0 fully saturated rings. The maximum atomic E-state index is 11.3. The third-order valence-corrected chi connectivity index (χ3v) is 3.49. The molecule has 1 aromatic rings. The number of ether oxygens (including phenoxy) is 2. The van der Waals surface area contributed by atoms with Crippen molar-refractivity contribution in [2.45, 2.75) is 46.1 Å². The van der Waals surface area contributed by atoms with Gasteiger partial charge in [-0.05, 0) is 27.7 Å². The van der Waals surface area contributed by atoms with Crippen LogP contribution in [0.3, 0.4) is 0 Å². The molecular formula is C14H24N2O3S. The number of rotatable bonds is 9. The van der Waals surface area contributed by atoms with Gasteiger partial charge in [-0.15, -0.1) is 11.3 Å². The number of aromatic nitrogens is 1. The van der Waals surface area contributed by atoms with Crippen molar-refractivity contribution in [3.05, 3.63) is 11.1 Å². The monoisotopic (exact) mass is 300 g/mol. The van der Waals surface area contributed by atoms with Gasteiger partial charge in [-0.25, -0.2) is 4.98 Å². The van der Waals surface area contributed by atoms with E-state index in [4.69, 9.17) is 9.47 Å². The minimum atomic E-state index is -0.217. The van der Waals surface area contributed by atoms with Crippen LogP contribution in [0, 0.1) is 0 Å². The van der Waals surface area contributed by atoms with Crippen LogP contribution in [0.4, 0.5) is 5.13 Å². The number of aryl methyl sites for hydroxylation is 1. The Labute approximate surface area is 124 Å². The van der Waals surface area contributed by atoms with Crippen LogP contribution in [0.2, 0.25) is 0 Å². The van der Waals surface area contributed by atoms with Gasteiger partial charge in [0.25, 0.3) is 0 Å². The van der Waals surface area contributed by atoms with E-state index in [9.17, 15) is 4.79 Å². The lowest BCUT2D eigenvalue weighted by atomic mass is 10.1. The van der Waals surface area contributed by atoms with Crippen LogP contribution < -0.4 is 5.32 Å². The summed E-state index contributed by atoms with van der Waals surface area (Å²) >= 11 is 1.54. The molecule has 0 aliphatic heterocycles. The Bertz CT molecular complexity index is 418. The molecule has 1 heterocycles. The van der Waals surface area contributed by atoms with Crippen LogP contribution >= 0.6 is 11.3 Å². The predicted molar refractivity (Wildman–Crippen MR) is 81.3 cm³/mol. The van der Waals surface area contributed by atoms with Crippen molar-refractivity contribution in [3.8, 4) is 0 Å². The highest BCUT2D eigenvalue weighted by molar-refractivity contribution is 7.13. The highest BCUT2D eigenvalue weighted by atomic mass is 32.1. The molecule has 114 valence electrons. The molecule has 1 rings (SSSR count). The van der Waals surface area contributed by atoms with E-state index in [2.05, 4.69) is 10.3 Å². The van der Waals surface area contributed by atoms with Crippen molar-refractivity contribution in [3.63, 3.8) is 0 Å². The van der Waals surface area contributed by atoms with Gasteiger partial charge < -0.3 is 14.8 Å². The van der Waals surface area contributed by atoms with Crippen LogP contribution in [0.1, 0.15) is 39.8 Å². The summed E-state index contributed by atoms with van der Waals surface area (Å²) in [7, 11) is 0. The maximum absolute atomic E-state index is 11.3. The summed E-state index contributed by atoms with van der Waals surface area (Å²) in [5.74, 6) is -0.174. The van der Waals surface area contributed by atoms with Crippen LogP contribution in [0.25, 0.3) is 0 Å². The minimum absolute atomic E-state index is 0.174. The Morgan fingerprint density at radius 1 is 1.40 bits per heavy atom. The van der Waals surface area contributed by atoms with Crippen molar-refractivity contribution < 1.29 is 14.3 Å². The topological polar surface area (TPSA) is 60.5 Å². The number of carbonyl (C=O) groups excluding carboxylic acids is 1. The van der Waals surface area contributed by atoms with Gasteiger partial charge in [0, 0.05) is 25.0 Å². The molecular weight excluding hydrogens is 276 g/mol. The average molecular weight is 300 g/mol. The first-order valence-corrected chi connectivity index (χ1v) is 7.82. The second-order valence-electron chi connectivity index (χ2n) is 5.00. The summed E-state index contributed by atoms with van der Waals surface area (Å²) in [5, 5.41) is 6.09. The zero-order valence-electron chi connectivity index (χ0n) is 12.7. The second-order valence-corrected chi connectivity index (χ2v) is 5.85. The van der Waals surface area contributed by atoms with Crippen LogP contribution in [0.5, 0.6) is 0 Å². The van der Waals surface area contributed by atoms with Crippen LogP contribution in [-0.2, 0) is 20.7 Å². The minimum Gasteiger partial charge on any atom is -0.466 e. The third-order valence-electron chi connectivity index (χ3n) is 2.64. The Balaban J connectivity index is 2.38. The third kappa shape index (κ3) is 6.34. The summed E-state index contributed by atoms with van der Waals surface area (Å²) < 4.78 is 10.5. The predicted octanol–water partition coefficient (Wildman–Crippen LogP) is 2.87. The normalized spacial score (nSPS) is 11.4. The SMILES string of the molecule is CCOC(=O)CCc1csc(NCC(C)(C)OCC)n1. The van der Waals surface area contributed by atoms with Crippen molar-refractivity contribution in [2.24, 2.45) is 0 Å². The molecule has 1 N–H and O–H groups in total. The quantitative estimate of drug-likeness (QED) is 0.711. The van der Waals surface area contributed by atoms with E-state index in [1.165, 1.54) is 0 Å². The number of hydrogen-bond donors (Lipinski definition) is 1. The van der Waals surface area contributed by atoms with E-state index in [1.54, 1.807) is 11.3 Å². The van der Waals surface area contributed by atoms with E-state index in [0.29, 0.717) is 32.6 Å². The lowest BCUT2D eigenvalue weighted by molar-refractivity contribution is -0.143. The van der Waals surface area contributed by atoms with Crippen molar-refractivity contribution in [1.82, 2.24) is 4.98 Å². The van der Waals surface area contributed by atoms with E-state index < -0.39 is 0 Å². The van der Waals surface area contributed by atoms with E-state index in [0.717, 1.165) is 10.8 Å². The molecule has 0 spiro atoms. The van der Waals surface area contributed by atoms with Crippen molar-refractivity contribution >= 4 is 22.4 Å². The molecule has 0 bridgehead atoms. The Morgan fingerprint density at radius 2 is 2.15 bits per heavy atom. The largest absolute Gasteiger partial charge is 0.466 e. The van der Waals surface area contributed by atoms with Crippen molar-refractivity contribution in [2.75, 3.05) is 25.1 Å². The fourth-order valence-corrected chi connectivity index (χ4v) is 2.44.